The Morgan fingerprint density at radius 1 is 1.40 bits per heavy atom. The molecular weight excluding hydrogens is 431 g/mol. The van der Waals surface area contributed by atoms with Gasteiger partial charge in [0, 0.05) is 18.7 Å². The average molecular weight is 456 g/mol. The molecule has 0 spiro atoms. The third kappa shape index (κ3) is 5.07. The van der Waals surface area contributed by atoms with E-state index < -0.39 is 0 Å². The first-order valence-electron chi connectivity index (χ1n) is 8.26. The van der Waals surface area contributed by atoms with Gasteiger partial charge in [-0.2, -0.15) is 5.10 Å². The Morgan fingerprint density at radius 2 is 2.16 bits per heavy atom. The van der Waals surface area contributed by atoms with E-state index in [4.69, 9.17) is 10.5 Å². The van der Waals surface area contributed by atoms with Gasteiger partial charge < -0.3 is 15.4 Å². The molecule has 136 valence electrons. The second-order valence-electron chi connectivity index (χ2n) is 6.20. The fourth-order valence-electron chi connectivity index (χ4n) is 2.89. The van der Waals surface area contributed by atoms with Crippen molar-refractivity contribution < 1.29 is 4.74 Å². The molecule has 0 radical (unpaired) electrons. The first-order valence-corrected chi connectivity index (χ1v) is 8.26. The number of benzene rings is 1. The number of ether oxygens (including phenoxy) is 1. The fraction of sp³-hybridized carbons (Fsp3) is 0.471. The van der Waals surface area contributed by atoms with E-state index in [0.717, 1.165) is 24.4 Å². The van der Waals surface area contributed by atoms with Gasteiger partial charge in [0.15, 0.2) is 11.8 Å². The van der Waals surface area contributed by atoms with Crippen LogP contribution in [0.4, 0.5) is 0 Å². The predicted molar refractivity (Wildman–Crippen MR) is 109 cm³/mol. The largest absolute Gasteiger partial charge is 0.497 e. The van der Waals surface area contributed by atoms with E-state index in [2.05, 4.69) is 32.0 Å². The minimum absolute atomic E-state index is 0. The molecule has 0 amide bonds. The van der Waals surface area contributed by atoms with E-state index in [-0.39, 0.29) is 24.0 Å². The van der Waals surface area contributed by atoms with Gasteiger partial charge in [0.25, 0.3) is 0 Å². The molecule has 0 aliphatic carbocycles. The maximum Gasteiger partial charge on any atom is 0.191 e. The number of nitrogens with one attached hydrogen (secondary N) is 1. The molecule has 2 heterocycles. The lowest BCUT2D eigenvalue weighted by Gasteiger charge is -2.31. The lowest BCUT2D eigenvalue weighted by atomic mass is 10.0. The Hall–Kier alpha value is -1.84. The van der Waals surface area contributed by atoms with Gasteiger partial charge in [-0.3, -0.25) is 5.10 Å². The number of aromatic nitrogens is 3. The summed E-state index contributed by atoms with van der Waals surface area (Å²) in [6.07, 6.45) is 2.43. The monoisotopic (exact) mass is 456 g/mol. The number of aliphatic imine (C=N–C) groups is 1. The molecule has 7 nitrogen and oxygen atoms in total. The van der Waals surface area contributed by atoms with Crippen LogP contribution < -0.4 is 10.5 Å². The lowest BCUT2D eigenvalue weighted by molar-refractivity contribution is 0.270. The number of H-pyrrole nitrogens is 1. The summed E-state index contributed by atoms with van der Waals surface area (Å²) < 4.78 is 5.16. The first-order chi connectivity index (χ1) is 11.7. The van der Waals surface area contributed by atoms with E-state index in [1.165, 1.54) is 12.8 Å². The van der Waals surface area contributed by atoms with E-state index in [9.17, 15) is 0 Å². The van der Waals surface area contributed by atoms with Crippen molar-refractivity contribution in [2.75, 3.05) is 20.2 Å². The Labute approximate surface area is 165 Å². The topological polar surface area (TPSA) is 92.4 Å². The summed E-state index contributed by atoms with van der Waals surface area (Å²) in [7, 11) is 1.64. The second-order valence-corrected chi connectivity index (χ2v) is 6.20. The molecule has 8 heteroatoms. The van der Waals surface area contributed by atoms with Gasteiger partial charge in [0.05, 0.1) is 7.11 Å². The van der Waals surface area contributed by atoms with Crippen LogP contribution in [0.1, 0.15) is 25.6 Å². The predicted octanol–water partition coefficient (Wildman–Crippen LogP) is 2.64. The number of nitrogens with two attached hydrogens (primary N) is 1. The summed E-state index contributed by atoms with van der Waals surface area (Å²) in [4.78, 5) is 11.1. The number of hydrogen-bond donors (Lipinski definition) is 2. The lowest BCUT2D eigenvalue weighted by Crippen LogP contribution is -2.43. The summed E-state index contributed by atoms with van der Waals surface area (Å²) in [5, 5.41) is 7.17. The quantitative estimate of drug-likeness (QED) is 0.419. The summed E-state index contributed by atoms with van der Waals surface area (Å²) in [5.74, 6) is 3.41. The van der Waals surface area contributed by atoms with Crippen LogP contribution in [0.3, 0.4) is 0 Å². The highest BCUT2D eigenvalue weighted by Crippen LogP contribution is 2.19. The molecule has 3 rings (SSSR count). The Balaban J connectivity index is 0.00000225. The minimum Gasteiger partial charge on any atom is -0.497 e. The number of nitrogens with zero attached hydrogens (tertiary/aromatic N) is 4. The standard InChI is InChI=1S/C17H24N6O.HI/c1-12-4-3-9-23(11-12)17(18)19-10-15-20-16(22-21-15)13-5-7-14(24-2)8-6-13;/h5-8,12H,3-4,9-11H2,1-2H3,(H2,18,19)(H,20,21,22);1H. The van der Waals surface area contributed by atoms with Crippen molar-refractivity contribution >= 4 is 29.9 Å². The van der Waals surface area contributed by atoms with Gasteiger partial charge in [-0.1, -0.05) is 6.92 Å². The van der Waals surface area contributed by atoms with Crippen molar-refractivity contribution in [1.29, 1.82) is 0 Å². The number of hydrogen-bond acceptors (Lipinski definition) is 4. The first kappa shape index (κ1) is 19.5. The smallest absolute Gasteiger partial charge is 0.191 e. The molecule has 1 aliphatic rings. The summed E-state index contributed by atoms with van der Waals surface area (Å²) in [5.41, 5.74) is 7.04. The average Bonchev–Trinajstić information content (AvgIpc) is 3.09. The normalized spacial score (nSPS) is 17.9. The van der Waals surface area contributed by atoms with Crippen LogP contribution in [0, 0.1) is 5.92 Å². The summed E-state index contributed by atoms with van der Waals surface area (Å²) >= 11 is 0. The zero-order valence-corrected chi connectivity index (χ0v) is 16.9. The molecule has 1 fully saturated rings. The summed E-state index contributed by atoms with van der Waals surface area (Å²) in [6, 6.07) is 7.63. The number of halogens is 1. The van der Waals surface area contributed by atoms with E-state index in [1.54, 1.807) is 7.11 Å². The third-order valence-corrected chi connectivity index (χ3v) is 4.25. The SMILES string of the molecule is COc1ccc(-c2n[nH]c(CN=C(N)N3CCCC(C)C3)n2)cc1.I. The number of guanidine groups is 1. The van der Waals surface area contributed by atoms with Gasteiger partial charge in [0.1, 0.15) is 18.1 Å². The van der Waals surface area contributed by atoms with Crippen LogP contribution in [-0.2, 0) is 6.54 Å². The van der Waals surface area contributed by atoms with Crippen molar-refractivity contribution in [1.82, 2.24) is 20.1 Å². The fourth-order valence-corrected chi connectivity index (χ4v) is 2.89. The highest BCUT2D eigenvalue weighted by Gasteiger charge is 2.17. The van der Waals surface area contributed by atoms with Gasteiger partial charge in [0.2, 0.25) is 0 Å². The molecule has 1 atom stereocenters. The number of aromatic amines is 1. The molecule has 1 unspecified atom stereocenters. The van der Waals surface area contributed by atoms with Crippen molar-refractivity contribution in [3.63, 3.8) is 0 Å². The van der Waals surface area contributed by atoms with Crippen molar-refractivity contribution in [3.8, 4) is 17.1 Å². The number of methoxy groups -OCH3 is 1. The Bertz CT molecular complexity index is 699. The molecule has 0 bridgehead atoms. The summed E-state index contributed by atoms with van der Waals surface area (Å²) in [6.45, 7) is 4.60. The van der Waals surface area contributed by atoms with Gasteiger partial charge in [-0.15, -0.1) is 24.0 Å². The molecule has 25 heavy (non-hydrogen) atoms. The molecule has 3 N–H and O–H groups in total. The van der Waals surface area contributed by atoms with Gasteiger partial charge in [-0.25, -0.2) is 9.98 Å². The third-order valence-electron chi connectivity index (χ3n) is 4.25. The van der Waals surface area contributed by atoms with Crippen LogP contribution in [0.25, 0.3) is 11.4 Å². The zero-order chi connectivity index (χ0) is 16.9. The molecule has 1 aromatic carbocycles. The van der Waals surface area contributed by atoms with Crippen LogP contribution in [0.2, 0.25) is 0 Å². The minimum atomic E-state index is 0. The van der Waals surface area contributed by atoms with Crippen LogP contribution in [-0.4, -0.2) is 46.2 Å². The van der Waals surface area contributed by atoms with Crippen LogP contribution in [0.15, 0.2) is 29.3 Å². The Morgan fingerprint density at radius 3 is 2.84 bits per heavy atom. The van der Waals surface area contributed by atoms with Gasteiger partial charge >= 0.3 is 0 Å². The highest BCUT2D eigenvalue weighted by atomic mass is 127. The van der Waals surface area contributed by atoms with E-state index in [0.29, 0.717) is 30.1 Å². The van der Waals surface area contributed by atoms with E-state index >= 15 is 0 Å². The number of likely N-dealkylation sites (tertiary alicyclic amines) is 1. The van der Waals surface area contributed by atoms with Gasteiger partial charge in [-0.05, 0) is 43.0 Å². The molecule has 1 aliphatic heterocycles. The van der Waals surface area contributed by atoms with Crippen LogP contribution in [0.5, 0.6) is 5.75 Å². The van der Waals surface area contributed by atoms with Crippen molar-refractivity contribution in [2.45, 2.75) is 26.3 Å². The van der Waals surface area contributed by atoms with Crippen molar-refractivity contribution in [3.05, 3.63) is 30.1 Å². The molecule has 0 saturated carbocycles. The molecule has 1 aromatic heterocycles. The maximum atomic E-state index is 6.11. The van der Waals surface area contributed by atoms with Crippen LogP contribution >= 0.6 is 24.0 Å². The second kappa shape index (κ2) is 9.02. The molecule has 2 aromatic rings. The molecule has 1 saturated heterocycles. The molecular formula is C17H25IN6O. The maximum absolute atomic E-state index is 6.11. The number of rotatable bonds is 4. The highest BCUT2D eigenvalue weighted by molar-refractivity contribution is 14.0. The van der Waals surface area contributed by atoms with Crippen molar-refractivity contribution in [2.24, 2.45) is 16.6 Å². The zero-order valence-electron chi connectivity index (χ0n) is 14.6. The van der Waals surface area contributed by atoms with E-state index in [1.807, 2.05) is 24.3 Å². The Kier molecular flexibility index (Phi) is 7.03. The number of piperidine rings is 1.